The second-order valence-corrected chi connectivity index (χ2v) is 6.58. The molecule has 2 aromatic carbocycles. The smallest absolute Gasteiger partial charge is 0.270 e. The summed E-state index contributed by atoms with van der Waals surface area (Å²) in [5.74, 6) is 1.04. The van der Waals surface area contributed by atoms with Crippen molar-refractivity contribution in [1.82, 2.24) is 15.3 Å². The number of anilines is 2. The summed E-state index contributed by atoms with van der Waals surface area (Å²) in [7, 11) is 1.60. The van der Waals surface area contributed by atoms with Gasteiger partial charge < -0.3 is 15.0 Å². The van der Waals surface area contributed by atoms with Gasteiger partial charge in [-0.05, 0) is 18.1 Å². The van der Waals surface area contributed by atoms with Gasteiger partial charge in [0.15, 0.2) is 5.82 Å². The number of amides is 1. The third kappa shape index (κ3) is 3.73. The van der Waals surface area contributed by atoms with Gasteiger partial charge in [-0.2, -0.15) is 0 Å². The molecule has 1 aliphatic heterocycles. The number of benzene rings is 2. The second-order valence-electron chi connectivity index (χ2n) is 6.58. The van der Waals surface area contributed by atoms with Crippen molar-refractivity contribution in [2.24, 2.45) is 0 Å². The lowest BCUT2D eigenvalue weighted by atomic mass is 10.2. The predicted octanol–water partition coefficient (Wildman–Crippen LogP) is 3.21. The number of fused-ring (bicyclic) bond motifs is 1. The number of nitrogens with one attached hydrogen (secondary N) is 1. The summed E-state index contributed by atoms with van der Waals surface area (Å²) < 4.78 is 5.01. The van der Waals surface area contributed by atoms with E-state index in [0.29, 0.717) is 24.7 Å². The van der Waals surface area contributed by atoms with E-state index in [2.05, 4.69) is 27.3 Å². The van der Waals surface area contributed by atoms with Gasteiger partial charge in [0.2, 0.25) is 0 Å². The van der Waals surface area contributed by atoms with Crippen molar-refractivity contribution in [1.29, 1.82) is 0 Å². The van der Waals surface area contributed by atoms with Crippen molar-refractivity contribution in [3.63, 3.8) is 0 Å². The van der Waals surface area contributed by atoms with E-state index in [1.165, 1.54) is 5.56 Å². The largest absolute Gasteiger partial charge is 0.383 e. The number of ether oxygens (including phenoxy) is 1. The molecule has 1 aromatic heterocycles. The number of methoxy groups -OCH3 is 1. The Morgan fingerprint density at radius 2 is 1.89 bits per heavy atom. The lowest BCUT2D eigenvalue weighted by molar-refractivity contribution is 0.0932. The molecule has 0 spiro atoms. The molecule has 0 saturated carbocycles. The summed E-state index contributed by atoms with van der Waals surface area (Å²) in [4.78, 5) is 24.1. The minimum Gasteiger partial charge on any atom is -0.383 e. The minimum absolute atomic E-state index is 0.231. The summed E-state index contributed by atoms with van der Waals surface area (Å²) in [5.41, 5.74) is 3.64. The number of carbonyl (C=O) groups excluding carboxylic acids is 1. The lowest BCUT2D eigenvalue weighted by Crippen LogP contribution is -2.28. The Bertz CT molecular complexity index is 975. The molecule has 1 N–H and O–H groups in total. The van der Waals surface area contributed by atoms with E-state index >= 15 is 0 Å². The quantitative estimate of drug-likeness (QED) is 0.671. The zero-order valence-corrected chi connectivity index (χ0v) is 15.8. The summed E-state index contributed by atoms with van der Waals surface area (Å²) in [6.07, 6.45) is 0.955. The van der Waals surface area contributed by atoms with E-state index < -0.39 is 0 Å². The van der Waals surface area contributed by atoms with Gasteiger partial charge in [-0.15, -0.1) is 0 Å². The Labute approximate surface area is 164 Å². The molecule has 0 fully saturated rings. The zero-order valence-electron chi connectivity index (χ0n) is 15.8. The van der Waals surface area contributed by atoms with Crippen LogP contribution >= 0.6 is 0 Å². The van der Waals surface area contributed by atoms with E-state index in [-0.39, 0.29) is 5.91 Å². The van der Waals surface area contributed by atoms with Crippen LogP contribution < -0.4 is 10.2 Å². The van der Waals surface area contributed by atoms with Crippen LogP contribution in [0.5, 0.6) is 0 Å². The first-order valence-electron chi connectivity index (χ1n) is 9.33. The van der Waals surface area contributed by atoms with Gasteiger partial charge in [-0.25, -0.2) is 9.97 Å². The third-order valence-corrected chi connectivity index (χ3v) is 4.73. The summed E-state index contributed by atoms with van der Waals surface area (Å²) in [5, 5.41) is 2.84. The molecule has 1 amide bonds. The van der Waals surface area contributed by atoms with Crippen LogP contribution in [0.3, 0.4) is 0 Å². The van der Waals surface area contributed by atoms with Gasteiger partial charge in [-0.3, -0.25) is 4.79 Å². The average molecular weight is 374 g/mol. The first-order chi connectivity index (χ1) is 13.8. The van der Waals surface area contributed by atoms with Crippen LogP contribution in [0.2, 0.25) is 0 Å². The Morgan fingerprint density at radius 3 is 2.71 bits per heavy atom. The van der Waals surface area contributed by atoms with Gasteiger partial charge in [0, 0.05) is 37.5 Å². The summed E-state index contributed by atoms with van der Waals surface area (Å²) in [6, 6.07) is 19.8. The maximum atomic E-state index is 12.6. The van der Waals surface area contributed by atoms with Crippen LogP contribution in [0.15, 0.2) is 60.7 Å². The van der Waals surface area contributed by atoms with Crippen molar-refractivity contribution in [3.8, 4) is 11.4 Å². The average Bonchev–Trinajstić information content (AvgIpc) is 3.18. The number of rotatable bonds is 6. The van der Waals surface area contributed by atoms with Crippen LogP contribution in [0.25, 0.3) is 11.4 Å². The van der Waals surface area contributed by atoms with E-state index in [1.54, 1.807) is 13.2 Å². The highest BCUT2D eigenvalue weighted by atomic mass is 16.5. The van der Waals surface area contributed by atoms with E-state index in [9.17, 15) is 4.79 Å². The molecular formula is C22H22N4O2. The first-order valence-corrected chi connectivity index (χ1v) is 9.33. The third-order valence-electron chi connectivity index (χ3n) is 4.73. The normalized spacial score (nSPS) is 12.7. The Morgan fingerprint density at radius 1 is 1.11 bits per heavy atom. The van der Waals surface area contributed by atoms with Crippen LogP contribution in [-0.4, -0.2) is 42.7 Å². The molecular weight excluding hydrogens is 352 g/mol. The topological polar surface area (TPSA) is 67.3 Å². The molecule has 4 rings (SSSR count). The van der Waals surface area contributed by atoms with Crippen molar-refractivity contribution in [3.05, 3.63) is 71.9 Å². The van der Waals surface area contributed by atoms with E-state index in [0.717, 1.165) is 30.0 Å². The SMILES string of the molecule is COCCNC(=O)c1cc(N2CCc3ccccc32)nc(-c2ccccc2)n1. The number of aromatic nitrogens is 2. The maximum absolute atomic E-state index is 12.6. The van der Waals surface area contributed by atoms with Gasteiger partial charge in [0.1, 0.15) is 11.5 Å². The van der Waals surface area contributed by atoms with Crippen LogP contribution in [0.4, 0.5) is 11.5 Å². The lowest BCUT2D eigenvalue weighted by Gasteiger charge is -2.20. The van der Waals surface area contributed by atoms with Crippen LogP contribution in [0.1, 0.15) is 16.1 Å². The maximum Gasteiger partial charge on any atom is 0.270 e. The first kappa shape index (κ1) is 18.1. The monoisotopic (exact) mass is 374 g/mol. The Hall–Kier alpha value is -3.25. The molecule has 0 atom stereocenters. The number of carbonyl (C=O) groups is 1. The Balaban J connectivity index is 1.74. The molecule has 6 heteroatoms. The van der Waals surface area contributed by atoms with E-state index in [1.807, 2.05) is 42.5 Å². The molecule has 0 aliphatic carbocycles. The fraction of sp³-hybridized carbons (Fsp3) is 0.227. The van der Waals surface area contributed by atoms with Gasteiger partial charge >= 0.3 is 0 Å². The highest BCUT2D eigenvalue weighted by molar-refractivity contribution is 5.93. The summed E-state index contributed by atoms with van der Waals surface area (Å²) in [6.45, 7) is 1.71. The molecule has 6 nitrogen and oxygen atoms in total. The van der Waals surface area contributed by atoms with Gasteiger partial charge in [-0.1, -0.05) is 48.5 Å². The molecule has 3 aromatic rings. The number of hydrogen-bond acceptors (Lipinski definition) is 5. The molecule has 0 radical (unpaired) electrons. The van der Waals surface area contributed by atoms with Gasteiger partial charge in [0.25, 0.3) is 5.91 Å². The zero-order chi connectivity index (χ0) is 19.3. The fourth-order valence-electron chi connectivity index (χ4n) is 3.34. The highest BCUT2D eigenvalue weighted by Crippen LogP contribution is 2.34. The van der Waals surface area contributed by atoms with Gasteiger partial charge in [0.05, 0.1) is 6.61 Å². The van der Waals surface area contributed by atoms with Crippen LogP contribution in [0, 0.1) is 0 Å². The fourth-order valence-corrected chi connectivity index (χ4v) is 3.34. The molecule has 2 heterocycles. The van der Waals surface area contributed by atoms with Crippen LogP contribution in [-0.2, 0) is 11.2 Å². The van der Waals surface area contributed by atoms with Crippen molar-refractivity contribution < 1.29 is 9.53 Å². The highest BCUT2D eigenvalue weighted by Gasteiger charge is 2.23. The number of para-hydroxylation sites is 1. The molecule has 0 bridgehead atoms. The van der Waals surface area contributed by atoms with Crippen molar-refractivity contribution in [2.45, 2.75) is 6.42 Å². The number of hydrogen-bond donors (Lipinski definition) is 1. The summed E-state index contributed by atoms with van der Waals surface area (Å²) >= 11 is 0. The van der Waals surface area contributed by atoms with E-state index in [4.69, 9.17) is 9.72 Å². The predicted molar refractivity (Wildman–Crippen MR) is 109 cm³/mol. The molecule has 0 unspecified atom stereocenters. The minimum atomic E-state index is -0.231. The molecule has 142 valence electrons. The molecule has 0 saturated heterocycles. The van der Waals surface area contributed by atoms with Crippen molar-refractivity contribution in [2.75, 3.05) is 31.7 Å². The Kier molecular flexibility index (Phi) is 5.30. The molecule has 1 aliphatic rings. The number of nitrogens with zero attached hydrogens (tertiary/aromatic N) is 3. The standard InChI is InChI=1S/C22H22N4O2/c1-28-14-12-23-22(27)18-15-20(25-21(24-18)17-8-3-2-4-9-17)26-13-11-16-7-5-6-10-19(16)26/h2-10,15H,11-14H2,1H3,(H,23,27). The van der Waals surface area contributed by atoms with Crippen molar-refractivity contribution >= 4 is 17.4 Å². The second kappa shape index (κ2) is 8.19. The molecule has 28 heavy (non-hydrogen) atoms.